The van der Waals surface area contributed by atoms with E-state index < -0.39 is 0 Å². The molecule has 3 aromatic rings. The second kappa shape index (κ2) is 4.62. The summed E-state index contributed by atoms with van der Waals surface area (Å²) in [6, 6.07) is 12.1. The Morgan fingerprint density at radius 2 is 1.71 bits per heavy atom. The van der Waals surface area contributed by atoms with Gasteiger partial charge in [0.1, 0.15) is 5.52 Å². The van der Waals surface area contributed by atoms with Gasteiger partial charge >= 0.3 is 0 Å². The number of fused-ring (bicyclic) bond motifs is 1. The van der Waals surface area contributed by atoms with Gasteiger partial charge in [-0.3, -0.25) is 0 Å². The number of aryl methyl sites for hydroxylation is 2. The van der Waals surface area contributed by atoms with Crippen molar-refractivity contribution in [2.75, 3.05) is 5.73 Å². The van der Waals surface area contributed by atoms with Crippen LogP contribution in [-0.4, -0.2) is 4.98 Å². The maximum atomic E-state index is 6.06. The zero-order valence-corrected chi connectivity index (χ0v) is 12.9. The van der Waals surface area contributed by atoms with Gasteiger partial charge in [-0.25, -0.2) is 4.98 Å². The number of nitrogens with zero attached hydrogens (tertiary/aromatic N) is 1. The fraction of sp³-hybridized carbons (Fsp3) is 0.278. The predicted octanol–water partition coefficient (Wildman–Crippen LogP) is 4.35. The van der Waals surface area contributed by atoms with Crippen molar-refractivity contribution >= 4 is 16.8 Å². The third-order valence-corrected chi connectivity index (χ3v) is 3.99. The summed E-state index contributed by atoms with van der Waals surface area (Å²) in [5.41, 5.74) is 11.5. The van der Waals surface area contributed by atoms with Gasteiger partial charge in [0.15, 0.2) is 5.58 Å². The first-order valence-corrected chi connectivity index (χ1v) is 7.12. The largest absolute Gasteiger partial charge is 0.439 e. The molecule has 1 aromatic heterocycles. The summed E-state index contributed by atoms with van der Waals surface area (Å²) in [6.07, 6.45) is 0. The maximum Gasteiger partial charge on any atom is 0.205 e. The first-order valence-electron chi connectivity index (χ1n) is 7.12. The van der Waals surface area contributed by atoms with Crippen molar-refractivity contribution in [1.82, 2.24) is 4.98 Å². The van der Waals surface area contributed by atoms with Gasteiger partial charge in [0.2, 0.25) is 5.89 Å². The number of anilines is 1. The molecule has 0 radical (unpaired) electrons. The Hall–Kier alpha value is -2.29. The van der Waals surface area contributed by atoms with E-state index in [-0.39, 0.29) is 5.41 Å². The van der Waals surface area contributed by atoms with Crippen molar-refractivity contribution in [3.8, 4) is 0 Å². The molecule has 3 nitrogen and oxygen atoms in total. The highest BCUT2D eigenvalue weighted by atomic mass is 16.3. The van der Waals surface area contributed by atoms with E-state index in [1.165, 1.54) is 5.56 Å². The van der Waals surface area contributed by atoms with Gasteiger partial charge in [-0.15, -0.1) is 0 Å². The van der Waals surface area contributed by atoms with E-state index in [4.69, 9.17) is 15.1 Å². The molecule has 0 bridgehead atoms. The number of nitrogens with two attached hydrogens (primary N) is 1. The smallest absolute Gasteiger partial charge is 0.205 e. The van der Waals surface area contributed by atoms with Crippen LogP contribution in [0.15, 0.2) is 40.8 Å². The average Bonchev–Trinajstić information content (AvgIpc) is 2.84. The fourth-order valence-corrected chi connectivity index (χ4v) is 2.67. The topological polar surface area (TPSA) is 52.0 Å². The molecule has 0 aliphatic heterocycles. The van der Waals surface area contributed by atoms with E-state index in [0.717, 1.165) is 33.8 Å². The lowest BCUT2D eigenvalue weighted by Crippen LogP contribution is -2.19. The Kier molecular flexibility index (Phi) is 3.01. The van der Waals surface area contributed by atoms with Crippen LogP contribution in [0.3, 0.4) is 0 Å². The van der Waals surface area contributed by atoms with Crippen LogP contribution in [0.4, 0.5) is 5.69 Å². The van der Waals surface area contributed by atoms with E-state index in [1.54, 1.807) is 0 Å². The first kappa shape index (κ1) is 13.7. The summed E-state index contributed by atoms with van der Waals surface area (Å²) >= 11 is 0. The predicted molar refractivity (Wildman–Crippen MR) is 86.5 cm³/mol. The second-order valence-corrected chi connectivity index (χ2v) is 6.20. The van der Waals surface area contributed by atoms with Gasteiger partial charge in [-0.2, -0.15) is 0 Å². The number of benzene rings is 2. The molecule has 2 aromatic carbocycles. The molecular formula is C18H20N2O. The van der Waals surface area contributed by atoms with Crippen molar-refractivity contribution in [3.05, 3.63) is 59.0 Å². The molecule has 2 N–H and O–H groups in total. The Bertz CT molecular complexity index is 798. The van der Waals surface area contributed by atoms with Crippen molar-refractivity contribution in [1.29, 1.82) is 0 Å². The highest BCUT2D eigenvalue weighted by Crippen LogP contribution is 2.34. The van der Waals surface area contributed by atoms with E-state index >= 15 is 0 Å². The van der Waals surface area contributed by atoms with Crippen LogP contribution >= 0.6 is 0 Å². The summed E-state index contributed by atoms with van der Waals surface area (Å²) < 4.78 is 6.06. The molecule has 0 aliphatic carbocycles. The lowest BCUT2D eigenvalue weighted by Gasteiger charge is -2.21. The molecule has 0 saturated heterocycles. The van der Waals surface area contributed by atoms with Crippen molar-refractivity contribution < 1.29 is 4.42 Å². The Balaban J connectivity index is 2.14. The molecule has 3 rings (SSSR count). The summed E-state index contributed by atoms with van der Waals surface area (Å²) in [7, 11) is 0. The Morgan fingerprint density at radius 3 is 2.38 bits per heavy atom. The zero-order chi connectivity index (χ0) is 15.2. The van der Waals surface area contributed by atoms with Crippen LogP contribution in [0.5, 0.6) is 0 Å². The quantitative estimate of drug-likeness (QED) is 0.710. The molecule has 3 heteroatoms. The maximum absolute atomic E-state index is 6.06. The molecule has 0 fully saturated rings. The van der Waals surface area contributed by atoms with E-state index in [9.17, 15) is 0 Å². The lowest BCUT2D eigenvalue weighted by molar-refractivity contribution is 0.433. The van der Waals surface area contributed by atoms with Crippen LogP contribution in [-0.2, 0) is 5.41 Å². The van der Waals surface area contributed by atoms with Crippen molar-refractivity contribution in [3.63, 3.8) is 0 Å². The summed E-state index contributed by atoms with van der Waals surface area (Å²) in [5.74, 6) is 0.732. The number of hydrogen-bond acceptors (Lipinski definition) is 3. The molecule has 0 unspecified atom stereocenters. The molecule has 0 amide bonds. The minimum Gasteiger partial charge on any atom is -0.439 e. The van der Waals surface area contributed by atoms with Gasteiger partial charge in [0.25, 0.3) is 0 Å². The zero-order valence-electron chi connectivity index (χ0n) is 12.9. The van der Waals surface area contributed by atoms with Gasteiger partial charge < -0.3 is 10.2 Å². The van der Waals surface area contributed by atoms with Crippen LogP contribution in [0, 0.1) is 13.8 Å². The van der Waals surface area contributed by atoms with Gasteiger partial charge in [-0.1, -0.05) is 18.2 Å². The number of nitrogen functional groups attached to an aromatic ring is 1. The minimum absolute atomic E-state index is 0.299. The highest BCUT2D eigenvalue weighted by molar-refractivity contribution is 5.77. The first-order chi connectivity index (χ1) is 9.88. The van der Waals surface area contributed by atoms with E-state index in [2.05, 4.69) is 39.8 Å². The van der Waals surface area contributed by atoms with Crippen LogP contribution in [0.2, 0.25) is 0 Å². The SMILES string of the molecule is Cc1cc(C)c2oc(C(C)(C)c3ccc(N)cc3)nc2c1. The molecule has 21 heavy (non-hydrogen) atoms. The number of aromatic nitrogens is 1. The molecule has 0 aliphatic rings. The average molecular weight is 280 g/mol. The van der Waals surface area contributed by atoms with Gasteiger partial charge in [0.05, 0.1) is 5.41 Å². The second-order valence-electron chi connectivity index (χ2n) is 6.20. The summed E-state index contributed by atoms with van der Waals surface area (Å²) in [4.78, 5) is 4.71. The third-order valence-electron chi connectivity index (χ3n) is 3.99. The molecule has 1 heterocycles. The Morgan fingerprint density at radius 1 is 1.05 bits per heavy atom. The van der Waals surface area contributed by atoms with Crippen LogP contribution in [0.1, 0.15) is 36.4 Å². The van der Waals surface area contributed by atoms with Crippen LogP contribution in [0.25, 0.3) is 11.1 Å². The van der Waals surface area contributed by atoms with Crippen molar-refractivity contribution in [2.45, 2.75) is 33.1 Å². The molecular weight excluding hydrogens is 260 g/mol. The van der Waals surface area contributed by atoms with E-state index in [1.807, 2.05) is 24.3 Å². The van der Waals surface area contributed by atoms with Crippen LogP contribution < -0.4 is 5.73 Å². The Labute approximate surface area is 124 Å². The van der Waals surface area contributed by atoms with Gasteiger partial charge in [0, 0.05) is 5.69 Å². The highest BCUT2D eigenvalue weighted by Gasteiger charge is 2.29. The molecule has 108 valence electrons. The third kappa shape index (κ3) is 2.29. The normalized spacial score (nSPS) is 12.0. The number of oxazole rings is 1. The summed E-state index contributed by atoms with van der Waals surface area (Å²) in [6.45, 7) is 8.36. The monoisotopic (exact) mass is 280 g/mol. The standard InChI is InChI=1S/C18H20N2O/c1-11-9-12(2)16-15(10-11)20-17(21-16)18(3,4)13-5-7-14(19)8-6-13/h5-10H,19H2,1-4H3. The molecule has 0 atom stereocenters. The summed E-state index contributed by atoms with van der Waals surface area (Å²) in [5, 5.41) is 0. The van der Waals surface area contributed by atoms with Gasteiger partial charge in [-0.05, 0) is 62.6 Å². The van der Waals surface area contributed by atoms with Crippen molar-refractivity contribution in [2.24, 2.45) is 0 Å². The molecule has 0 spiro atoms. The number of rotatable bonds is 2. The minimum atomic E-state index is -0.299. The molecule has 0 saturated carbocycles. The van der Waals surface area contributed by atoms with E-state index in [0.29, 0.717) is 0 Å². The lowest BCUT2D eigenvalue weighted by atomic mass is 9.84. The fourth-order valence-electron chi connectivity index (χ4n) is 2.67. The number of hydrogen-bond donors (Lipinski definition) is 1.